The Bertz CT molecular complexity index is 497. The van der Waals surface area contributed by atoms with E-state index in [-0.39, 0.29) is 0 Å². The average Bonchev–Trinajstić information content (AvgIpc) is 3.03. The maximum absolute atomic E-state index is 2.40. The second-order valence-electron chi connectivity index (χ2n) is 4.31. The van der Waals surface area contributed by atoms with E-state index in [1.54, 1.807) is 11.1 Å². The first kappa shape index (κ1) is 12.4. The molecule has 3 heterocycles. The first-order valence-corrected chi connectivity index (χ1v) is 10.1. The van der Waals surface area contributed by atoms with Gasteiger partial charge in [0, 0.05) is 0 Å². The zero-order valence-electron chi connectivity index (χ0n) is 9.96. The SMILES string of the molecule is C(=C1/C[Se]C/C(=C\c2cccs2)C1)/c1cccs1. The Hall–Kier alpha value is -0.601. The van der Waals surface area contributed by atoms with Gasteiger partial charge in [-0.2, -0.15) is 0 Å². The summed E-state index contributed by atoms with van der Waals surface area (Å²) in [5.74, 6) is 0. The molecule has 2 aromatic heterocycles. The third kappa shape index (κ3) is 3.24. The van der Waals surface area contributed by atoms with Gasteiger partial charge in [-0.3, -0.25) is 0 Å². The predicted molar refractivity (Wildman–Crippen MR) is 84.6 cm³/mol. The number of hydrogen-bond donors (Lipinski definition) is 0. The van der Waals surface area contributed by atoms with E-state index in [0.717, 1.165) is 15.0 Å². The fraction of sp³-hybridized carbons (Fsp3) is 0.200. The molecule has 0 unspecified atom stereocenters. The van der Waals surface area contributed by atoms with Gasteiger partial charge in [-0.1, -0.05) is 0 Å². The number of rotatable bonds is 2. The van der Waals surface area contributed by atoms with Crippen LogP contribution < -0.4 is 0 Å². The van der Waals surface area contributed by atoms with Crippen molar-refractivity contribution < 1.29 is 0 Å². The molecule has 0 aromatic carbocycles. The van der Waals surface area contributed by atoms with Gasteiger partial charge in [-0.15, -0.1) is 0 Å². The van der Waals surface area contributed by atoms with Crippen molar-refractivity contribution >= 4 is 49.8 Å². The second kappa shape index (κ2) is 6.03. The molecule has 0 bridgehead atoms. The Morgan fingerprint density at radius 2 is 1.44 bits per heavy atom. The second-order valence-corrected chi connectivity index (χ2v) is 8.33. The molecule has 2 aromatic rings. The summed E-state index contributed by atoms with van der Waals surface area (Å²) in [5.41, 5.74) is 3.23. The van der Waals surface area contributed by atoms with Gasteiger partial charge >= 0.3 is 123 Å². The molecule has 3 heteroatoms. The van der Waals surface area contributed by atoms with Crippen LogP contribution in [0.1, 0.15) is 16.2 Å². The summed E-state index contributed by atoms with van der Waals surface area (Å²) in [6.45, 7) is 0. The Morgan fingerprint density at radius 1 is 0.889 bits per heavy atom. The molecule has 0 amide bonds. The number of thiophene rings is 2. The van der Waals surface area contributed by atoms with Crippen molar-refractivity contribution in [2.45, 2.75) is 17.1 Å². The van der Waals surface area contributed by atoms with Crippen molar-refractivity contribution in [2.24, 2.45) is 0 Å². The topological polar surface area (TPSA) is 0 Å². The monoisotopic (exact) mass is 338 g/mol. The van der Waals surface area contributed by atoms with Crippen LogP contribution in [0.4, 0.5) is 0 Å². The van der Waals surface area contributed by atoms with E-state index >= 15 is 0 Å². The Kier molecular flexibility index (Phi) is 4.16. The third-order valence-corrected chi connectivity index (χ3v) is 6.86. The van der Waals surface area contributed by atoms with E-state index in [9.17, 15) is 0 Å². The summed E-state index contributed by atoms with van der Waals surface area (Å²) in [5, 5.41) is 6.96. The van der Waals surface area contributed by atoms with Gasteiger partial charge < -0.3 is 0 Å². The van der Waals surface area contributed by atoms with Crippen LogP contribution in [0.15, 0.2) is 46.2 Å². The van der Waals surface area contributed by atoms with Gasteiger partial charge in [-0.25, -0.2) is 0 Å². The molecule has 1 aliphatic heterocycles. The summed E-state index contributed by atoms with van der Waals surface area (Å²) in [6, 6.07) is 8.69. The molecule has 18 heavy (non-hydrogen) atoms. The quantitative estimate of drug-likeness (QED) is 0.659. The van der Waals surface area contributed by atoms with Crippen molar-refractivity contribution in [1.29, 1.82) is 0 Å². The van der Waals surface area contributed by atoms with Crippen LogP contribution in [0.3, 0.4) is 0 Å². The van der Waals surface area contributed by atoms with Gasteiger partial charge in [-0.05, 0) is 0 Å². The molecular formula is C15H14S2Se. The van der Waals surface area contributed by atoms with Crippen LogP contribution >= 0.6 is 22.7 Å². The molecule has 0 atom stereocenters. The third-order valence-electron chi connectivity index (χ3n) is 2.81. The molecule has 0 spiro atoms. The summed E-state index contributed by atoms with van der Waals surface area (Å²) in [4.78, 5) is 2.80. The predicted octanol–water partition coefficient (Wildman–Crippen LogP) is 5.22. The van der Waals surface area contributed by atoms with Crippen LogP contribution in [0.5, 0.6) is 0 Å². The molecule has 0 radical (unpaired) electrons. The molecule has 1 aliphatic rings. The minimum absolute atomic E-state index is 0.754. The minimum atomic E-state index is 0.754. The van der Waals surface area contributed by atoms with Gasteiger partial charge in [0.25, 0.3) is 0 Å². The molecule has 0 nitrogen and oxygen atoms in total. The standard InChI is InChI=1S/C15H14S2Se/c1-3-14(16-5-1)8-12-7-13(11-18-10-12)9-15-4-2-6-17-15/h1-6,8-9H,7,10-11H2/b12-8-,13-9-. The van der Waals surface area contributed by atoms with Crippen LogP contribution in [0, 0.1) is 0 Å². The van der Waals surface area contributed by atoms with E-state index in [2.05, 4.69) is 47.2 Å². The van der Waals surface area contributed by atoms with Crippen molar-refractivity contribution in [1.82, 2.24) is 0 Å². The van der Waals surface area contributed by atoms with E-state index in [1.807, 2.05) is 22.7 Å². The zero-order chi connectivity index (χ0) is 12.2. The first-order chi connectivity index (χ1) is 8.90. The Balaban J connectivity index is 1.76. The van der Waals surface area contributed by atoms with Gasteiger partial charge in [0.1, 0.15) is 0 Å². The Morgan fingerprint density at radius 3 is 1.89 bits per heavy atom. The molecule has 0 aliphatic carbocycles. The Labute approximate surface area is 122 Å². The van der Waals surface area contributed by atoms with Gasteiger partial charge in [0.05, 0.1) is 0 Å². The summed E-state index contributed by atoms with van der Waals surface area (Å²) >= 11 is 4.43. The summed E-state index contributed by atoms with van der Waals surface area (Å²) < 4.78 is 0. The van der Waals surface area contributed by atoms with Crippen molar-refractivity contribution in [3.63, 3.8) is 0 Å². The molecular weight excluding hydrogens is 323 g/mol. The van der Waals surface area contributed by atoms with Crippen LogP contribution in [-0.4, -0.2) is 15.0 Å². The summed E-state index contributed by atoms with van der Waals surface area (Å²) in [7, 11) is 0. The van der Waals surface area contributed by atoms with Crippen molar-refractivity contribution in [2.75, 3.05) is 0 Å². The molecule has 3 rings (SSSR count). The fourth-order valence-corrected chi connectivity index (χ4v) is 5.55. The van der Waals surface area contributed by atoms with E-state index in [4.69, 9.17) is 0 Å². The van der Waals surface area contributed by atoms with Gasteiger partial charge in [0.15, 0.2) is 0 Å². The maximum atomic E-state index is 2.40. The molecule has 92 valence electrons. The number of hydrogen-bond acceptors (Lipinski definition) is 2. The molecule has 0 N–H and O–H groups in total. The van der Waals surface area contributed by atoms with Crippen molar-refractivity contribution in [3.05, 3.63) is 55.9 Å². The molecule has 1 saturated heterocycles. The normalized spacial score (nSPS) is 20.7. The molecule has 1 fully saturated rings. The van der Waals surface area contributed by atoms with Gasteiger partial charge in [0.2, 0.25) is 0 Å². The first-order valence-electron chi connectivity index (χ1n) is 5.94. The van der Waals surface area contributed by atoms with Crippen molar-refractivity contribution in [3.8, 4) is 0 Å². The fourth-order valence-electron chi connectivity index (χ4n) is 2.04. The summed E-state index contributed by atoms with van der Waals surface area (Å²) in [6.07, 6.45) is 5.97. The molecule has 0 saturated carbocycles. The van der Waals surface area contributed by atoms with Crippen LogP contribution in [-0.2, 0) is 0 Å². The van der Waals surface area contributed by atoms with E-state index in [1.165, 1.54) is 26.8 Å². The van der Waals surface area contributed by atoms with E-state index in [0.29, 0.717) is 0 Å². The van der Waals surface area contributed by atoms with Crippen LogP contribution in [0.2, 0.25) is 10.6 Å². The van der Waals surface area contributed by atoms with Crippen LogP contribution in [0.25, 0.3) is 12.2 Å². The number of allylic oxidation sites excluding steroid dienone is 2. The van der Waals surface area contributed by atoms with E-state index < -0.39 is 0 Å². The average molecular weight is 337 g/mol. The zero-order valence-corrected chi connectivity index (χ0v) is 13.3.